The van der Waals surface area contributed by atoms with Crippen molar-refractivity contribution >= 4 is 38.9 Å². The molecule has 24 heavy (non-hydrogen) atoms. The number of benzene rings is 2. The number of nitrogens with one attached hydrogen (secondary N) is 2. The maximum absolute atomic E-state index is 13.6. The lowest BCUT2D eigenvalue weighted by atomic mass is 10.2. The highest BCUT2D eigenvalue weighted by Gasteiger charge is 2.11. The van der Waals surface area contributed by atoms with Crippen LogP contribution >= 0.6 is 15.9 Å². The molecule has 0 atom stereocenters. The Balaban J connectivity index is 1.77. The Labute approximate surface area is 146 Å². The van der Waals surface area contributed by atoms with Crippen molar-refractivity contribution in [2.75, 3.05) is 10.6 Å². The highest BCUT2D eigenvalue weighted by atomic mass is 79.9. The zero-order chi connectivity index (χ0) is 16.9. The lowest BCUT2D eigenvalue weighted by molar-refractivity contribution is 0.102. The van der Waals surface area contributed by atoms with Gasteiger partial charge in [0.15, 0.2) is 0 Å². The zero-order valence-corrected chi connectivity index (χ0v) is 14.0. The van der Waals surface area contributed by atoms with E-state index in [1.54, 1.807) is 24.3 Å². The van der Waals surface area contributed by atoms with Crippen molar-refractivity contribution in [3.63, 3.8) is 0 Å². The van der Waals surface area contributed by atoms with Crippen LogP contribution < -0.4 is 10.6 Å². The molecule has 120 valence electrons. The monoisotopic (exact) mass is 385 g/mol. The quantitative estimate of drug-likeness (QED) is 0.665. The van der Waals surface area contributed by atoms with E-state index in [0.29, 0.717) is 5.69 Å². The van der Waals surface area contributed by atoms with Gasteiger partial charge in [-0.25, -0.2) is 4.39 Å². The van der Waals surface area contributed by atoms with Crippen LogP contribution in [0.2, 0.25) is 0 Å². The number of halogens is 2. The van der Waals surface area contributed by atoms with Crippen LogP contribution in [0.1, 0.15) is 10.5 Å². The Morgan fingerprint density at radius 3 is 2.58 bits per heavy atom. The summed E-state index contributed by atoms with van der Waals surface area (Å²) in [5, 5.41) is 5.71. The van der Waals surface area contributed by atoms with Gasteiger partial charge in [0.1, 0.15) is 11.5 Å². The predicted octanol–water partition coefficient (Wildman–Crippen LogP) is 4.98. The van der Waals surface area contributed by atoms with Crippen LogP contribution in [-0.2, 0) is 0 Å². The first-order valence-electron chi connectivity index (χ1n) is 7.16. The van der Waals surface area contributed by atoms with E-state index in [2.05, 4.69) is 31.5 Å². The van der Waals surface area contributed by atoms with Gasteiger partial charge in [0.25, 0.3) is 5.91 Å². The van der Waals surface area contributed by atoms with E-state index >= 15 is 0 Å². The van der Waals surface area contributed by atoms with Crippen LogP contribution in [0.15, 0.2) is 71.3 Å². The fourth-order valence-corrected chi connectivity index (χ4v) is 2.51. The fourth-order valence-electron chi connectivity index (χ4n) is 2.11. The molecule has 0 aliphatic rings. The molecule has 3 aromatic rings. The second kappa shape index (κ2) is 7.23. The minimum Gasteiger partial charge on any atom is -0.355 e. The number of hydrogen-bond acceptors (Lipinski definition) is 3. The van der Waals surface area contributed by atoms with E-state index in [-0.39, 0.29) is 11.4 Å². The van der Waals surface area contributed by atoms with Crippen LogP contribution in [-0.4, -0.2) is 10.9 Å². The molecule has 2 N–H and O–H groups in total. The molecular weight excluding hydrogens is 373 g/mol. The summed E-state index contributed by atoms with van der Waals surface area (Å²) in [6.45, 7) is 0. The van der Waals surface area contributed by atoms with E-state index < -0.39 is 11.7 Å². The highest BCUT2D eigenvalue weighted by Crippen LogP contribution is 2.21. The van der Waals surface area contributed by atoms with Crippen LogP contribution in [0.3, 0.4) is 0 Å². The minimum atomic E-state index is -0.491. The fraction of sp³-hybridized carbons (Fsp3) is 0. The lowest BCUT2D eigenvalue weighted by Crippen LogP contribution is -2.14. The Bertz CT molecular complexity index is 885. The number of rotatable bonds is 4. The van der Waals surface area contributed by atoms with Crippen molar-refractivity contribution in [3.8, 4) is 0 Å². The molecule has 0 unspecified atom stereocenters. The molecule has 1 heterocycles. The van der Waals surface area contributed by atoms with Crippen molar-refractivity contribution in [3.05, 3.63) is 82.8 Å². The summed E-state index contributed by atoms with van der Waals surface area (Å²) in [5.74, 6) is -0.966. The van der Waals surface area contributed by atoms with Gasteiger partial charge in [-0.2, -0.15) is 0 Å². The average Bonchev–Trinajstić information content (AvgIpc) is 2.57. The van der Waals surface area contributed by atoms with Gasteiger partial charge >= 0.3 is 0 Å². The normalized spacial score (nSPS) is 10.2. The number of aromatic nitrogens is 1. The predicted molar refractivity (Wildman–Crippen MR) is 96.0 cm³/mol. The molecule has 6 heteroatoms. The van der Waals surface area contributed by atoms with Crippen molar-refractivity contribution in [2.24, 2.45) is 0 Å². The number of anilines is 3. The van der Waals surface area contributed by atoms with Gasteiger partial charge in [0.05, 0.1) is 5.69 Å². The number of nitrogens with zero attached hydrogens (tertiary/aromatic N) is 1. The zero-order valence-electron chi connectivity index (χ0n) is 12.5. The van der Waals surface area contributed by atoms with E-state index in [9.17, 15) is 9.18 Å². The van der Waals surface area contributed by atoms with Gasteiger partial charge in [0, 0.05) is 22.0 Å². The van der Waals surface area contributed by atoms with Crippen molar-refractivity contribution in [1.82, 2.24) is 4.98 Å². The molecule has 0 spiro atoms. The molecule has 0 fully saturated rings. The van der Waals surface area contributed by atoms with Crippen LogP contribution in [0.5, 0.6) is 0 Å². The van der Waals surface area contributed by atoms with Crippen molar-refractivity contribution in [2.45, 2.75) is 0 Å². The second-order valence-electron chi connectivity index (χ2n) is 5.00. The summed E-state index contributed by atoms with van der Waals surface area (Å²) in [5.41, 5.74) is 1.89. The molecule has 0 bridgehead atoms. The maximum atomic E-state index is 13.6. The first-order valence-corrected chi connectivity index (χ1v) is 7.95. The van der Waals surface area contributed by atoms with E-state index in [1.807, 2.05) is 24.3 Å². The van der Waals surface area contributed by atoms with E-state index in [0.717, 1.165) is 10.2 Å². The number of pyridine rings is 1. The molecule has 0 saturated carbocycles. The smallest absolute Gasteiger partial charge is 0.274 e. The van der Waals surface area contributed by atoms with E-state index in [1.165, 1.54) is 18.3 Å². The van der Waals surface area contributed by atoms with Gasteiger partial charge in [-0.05, 0) is 42.5 Å². The first kappa shape index (κ1) is 16.1. The largest absolute Gasteiger partial charge is 0.355 e. The van der Waals surface area contributed by atoms with Crippen molar-refractivity contribution < 1.29 is 9.18 Å². The number of amides is 1. The topological polar surface area (TPSA) is 54.0 Å². The Morgan fingerprint density at radius 2 is 1.79 bits per heavy atom. The molecule has 0 aliphatic carbocycles. The standard InChI is InChI=1S/C18H13BrFN3O/c19-12-4-3-5-13(10-12)22-14-8-9-21-17(11-14)18(24)23-16-7-2-1-6-15(16)20/h1-11H,(H,21,22)(H,23,24). The summed E-state index contributed by atoms with van der Waals surface area (Å²) in [6.07, 6.45) is 1.52. The summed E-state index contributed by atoms with van der Waals surface area (Å²) in [7, 11) is 0. The number of para-hydroxylation sites is 1. The van der Waals surface area contributed by atoms with E-state index in [4.69, 9.17) is 0 Å². The third kappa shape index (κ3) is 3.97. The van der Waals surface area contributed by atoms with Gasteiger partial charge in [-0.15, -0.1) is 0 Å². The van der Waals surface area contributed by atoms with Gasteiger partial charge in [-0.3, -0.25) is 9.78 Å². The average molecular weight is 386 g/mol. The third-order valence-corrected chi connectivity index (χ3v) is 3.72. The number of hydrogen-bond donors (Lipinski definition) is 2. The molecule has 4 nitrogen and oxygen atoms in total. The summed E-state index contributed by atoms with van der Waals surface area (Å²) >= 11 is 3.41. The Kier molecular flexibility index (Phi) is 4.86. The molecule has 0 aliphatic heterocycles. The number of carbonyl (C=O) groups excluding carboxylic acids is 1. The SMILES string of the molecule is O=C(Nc1ccccc1F)c1cc(Nc2cccc(Br)c2)ccn1. The van der Waals surface area contributed by atoms with Crippen LogP contribution in [0.4, 0.5) is 21.5 Å². The van der Waals surface area contributed by atoms with Crippen LogP contribution in [0, 0.1) is 5.82 Å². The first-order chi connectivity index (χ1) is 11.6. The molecular formula is C18H13BrFN3O. The molecule has 2 aromatic carbocycles. The molecule has 3 rings (SSSR count). The Morgan fingerprint density at radius 1 is 1.00 bits per heavy atom. The summed E-state index contributed by atoms with van der Waals surface area (Å²) in [4.78, 5) is 16.3. The van der Waals surface area contributed by atoms with Crippen LogP contribution in [0.25, 0.3) is 0 Å². The van der Waals surface area contributed by atoms with Gasteiger partial charge < -0.3 is 10.6 Å². The molecule has 1 amide bonds. The minimum absolute atomic E-state index is 0.120. The lowest BCUT2D eigenvalue weighted by Gasteiger charge is -2.09. The van der Waals surface area contributed by atoms with Gasteiger partial charge in [0.2, 0.25) is 0 Å². The highest BCUT2D eigenvalue weighted by molar-refractivity contribution is 9.10. The van der Waals surface area contributed by atoms with Gasteiger partial charge in [-0.1, -0.05) is 34.1 Å². The molecule has 1 aromatic heterocycles. The molecule has 0 saturated heterocycles. The van der Waals surface area contributed by atoms with Crippen molar-refractivity contribution in [1.29, 1.82) is 0 Å². The second-order valence-corrected chi connectivity index (χ2v) is 5.91. The summed E-state index contributed by atoms with van der Waals surface area (Å²) < 4.78 is 14.6. The summed E-state index contributed by atoms with van der Waals surface area (Å²) in [6, 6.07) is 17.0. The maximum Gasteiger partial charge on any atom is 0.274 e. The number of carbonyl (C=O) groups is 1. The third-order valence-electron chi connectivity index (χ3n) is 3.23. The molecule has 0 radical (unpaired) electrons. The Hall–Kier alpha value is -2.73.